The van der Waals surface area contributed by atoms with Gasteiger partial charge < -0.3 is 0 Å². The van der Waals surface area contributed by atoms with E-state index in [0.29, 0.717) is 13.0 Å². The zero-order valence-corrected chi connectivity index (χ0v) is 8.68. The Bertz CT molecular complexity index is 186. The fourth-order valence-electron chi connectivity index (χ4n) is 1.36. The average Bonchev–Trinajstić information content (AvgIpc) is 1.82. The molecular weight excluding hydrogens is 279 g/mol. The van der Waals surface area contributed by atoms with Gasteiger partial charge in [0.15, 0.2) is 0 Å². The molecule has 1 rings (SSSR count). The Balaban J connectivity index is 2.41. The van der Waals surface area contributed by atoms with Crippen molar-refractivity contribution in [3.63, 3.8) is 0 Å². The first-order chi connectivity index (χ1) is 5.49. The van der Waals surface area contributed by atoms with Crippen LogP contribution < -0.4 is 0 Å². The predicted molar refractivity (Wildman–Crippen MR) is 49.6 cm³/mol. The van der Waals surface area contributed by atoms with Gasteiger partial charge in [-0.15, -0.1) is 0 Å². The molecule has 12 heavy (non-hydrogen) atoms. The first kappa shape index (κ1) is 10.3. The predicted octanol–water partition coefficient (Wildman–Crippen LogP) is 1.68. The molecule has 0 amide bonds. The molecule has 1 aliphatic heterocycles. The minimum Gasteiger partial charge on any atom is -0.289 e. The lowest BCUT2D eigenvalue weighted by Gasteiger charge is -2.31. The van der Waals surface area contributed by atoms with Crippen LogP contribution in [0.25, 0.3) is 0 Å². The van der Waals surface area contributed by atoms with E-state index in [1.165, 1.54) is 4.90 Å². The molecule has 5 heteroatoms. The van der Waals surface area contributed by atoms with Crippen molar-refractivity contribution in [1.82, 2.24) is 4.90 Å². The minimum atomic E-state index is -2.59. The van der Waals surface area contributed by atoms with Gasteiger partial charge in [-0.25, -0.2) is 8.78 Å². The summed E-state index contributed by atoms with van der Waals surface area (Å²) in [5, 5.41) is 0. The van der Waals surface area contributed by atoms with Crippen LogP contribution in [0.4, 0.5) is 8.78 Å². The van der Waals surface area contributed by atoms with E-state index in [1.807, 2.05) is 0 Å². The summed E-state index contributed by atoms with van der Waals surface area (Å²) in [6, 6.07) is 0. The summed E-state index contributed by atoms with van der Waals surface area (Å²) in [5.41, 5.74) is 0. The maximum Gasteiger partial charge on any atom is 0.260 e. The highest BCUT2D eigenvalue weighted by Gasteiger charge is 2.35. The molecule has 0 N–H and O–H groups in total. The van der Waals surface area contributed by atoms with Crippen molar-refractivity contribution >= 4 is 26.4 Å². The molecule has 70 valence electrons. The molecule has 0 aromatic rings. The molecular formula is C7H10F2INO. The molecule has 1 saturated heterocycles. The number of likely N-dealkylation sites (tertiary alicyclic amines) is 1. The van der Waals surface area contributed by atoms with Gasteiger partial charge in [0.1, 0.15) is 0 Å². The normalized spacial score (nSPS) is 23.9. The highest BCUT2D eigenvalue weighted by Crippen LogP contribution is 2.26. The number of piperidine rings is 1. The number of hydrogen-bond donors (Lipinski definition) is 0. The Hall–Kier alpha value is 0.220. The number of halogens is 3. The van der Waals surface area contributed by atoms with Crippen molar-refractivity contribution in [2.75, 3.05) is 19.6 Å². The molecule has 1 heterocycles. The van der Waals surface area contributed by atoms with Crippen molar-refractivity contribution in [2.45, 2.75) is 18.8 Å². The lowest BCUT2D eigenvalue weighted by atomic mass is 10.1. The van der Waals surface area contributed by atoms with Crippen LogP contribution in [0.15, 0.2) is 0 Å². The fourth-order valence-corrected chi connectivity index (χ4v) is 1.84. The second kappa shape index (κ2) is 3.95. The van der Waals surface area contributed by atoms with Crippen LogP contribution in [0.1, 0.15) is 12.8 Å². The molecule has 0 saturated carbocycles. The van der Waals surface area contributed by atoms with Gasteiger partial charge in [-0.2, -0.15) is 0 Å². The number of carbonyl (C=O) groups is 1. The van der Waals surface area contributed by atoms with Gasteiger partial charge in [0.2, 0.25) is 3.79 Å². The van der Waals surface area contributed by atoms with Gasteiger partial charge in [0.25, 0.3) is 5.92 Å². The summed E-state index contributed by atoms with van der Waals surface area (Å²) < 4.78 is 25.4. The van der Waals surface area contributed by atoms with Crippen LogP contribution >= 0.6 is 22.6 Å². The number of nitrogens with zero attached hydrogens (tertiary/aromatic N) is 1. The third-order valence-electron chi connectivity index (χ3n) is 1.82. The van der Waals surface area contributed by atoms with Crippen LogP contribution in [-0.4, -0.2) is 34.2 Å². The van der Waals surface area contributed by atoms with Crippen LogP contribution in [0, 0.1) is 0 Å². The molecule has 1 fully saturated rings. The number of alkyl halides is 2. The Kier molecular flexibility index (Phi) is 3.39. The second-order valence-corrected chi connectivity index (χ2v) is 4.23. The monoisotopic (exact) mass is 289 g/mol. The van der Waals surface area contributed by atoms with E-state index in [1.54, 1.807) is 22.6 Å². The van der Waals surface area contributed by atoms with Crippen molar-refractivity contribution in [1.29, 1.82) is 0 Å². The SMILES string of the molecule is O=C(I)CN1CCCC(F)(F)C1. The second-order valence-electron chi connectivity index (χ2n) is 3.03. The van der Waals surface area contributed by atoms with E-state index < -0.39 is 5.92 Å². The van der Waals surface area contributed by atoms with Crippen molar-refractivity contribution in [2.24, 2.45) is 0 Å². The van der Waals surface area contributed by atoms with Crippen LogP contribution in [0.5, 0.6) is 0 Å². The zero-order chi connectivity index (χ0) is 9.19. The molecule has 0 spiro atoms. The summed E-state index contributed by atoms with van der Waals surface area (Å²) in [7, 11) is 0. The summed E-state index contributed by atoms with van der Waals surface area (Å²) in [4.78, 5) is 12.1. The summed E-state index contributed by atoms with van der Waals surface area (Å²) in [6.07, 6.45) is 0.440. The third kappa shape index (κ3) is 3.30. The molecule has 2 nitrogen and oxygen atoms in total. The van der Waals surface area contributed by atoms with Gasteiger partial charge in [0, 0.05) is 29.0 Å². The topological polar surface area (TPSA) is 20.3 Å². The lowest BCUT2D eigenvalue weighted by Crippen LogP contribution is -2.44. The molecule has 0 aromatic carbocycles. The third-order valence-corrected chi connectivity index (χ3v) is 2.16. The van der Waals surface area contributed by atoms with E-state index in [4.69, 9.17) is 0 Å². The molecule has 0 atom stereocenters. The van der Waals surface area contributed by atoms with Crippen LogP contribution in [0.2, 0.25) is 0 Å². The summed E-state index contributed by atoms with van der Waals surface area (Å²) in [6.45, 7) is 0.502. The fraction of sp³-hybridized carbons (Fsp3) is 0.857. The van der Waals surface area contributed by atoms with Crippen molar-refractivity contribution < 1.29 is 13.6 Å². The minimum absolute atomic E-state index is 0.0427. The van der Waals surface area contributed by atoms with Crippen molar-refractivity contribution in [3.8, 4) is 0 Å². The van der Waals surface area contributed by atoms with E-state index in [-0.39, 0.29) is 23.3 Å². The number of carbonyl (C=O) groups excluding carboxylic acids is 1. The van der Waals surface area contributed by atoms with Gasteiger partial charge in [-0.1, -0.05) is 0 Å². The van der Waals surface area contributed by atoms with Crippen molar-refractivity contribution in [3.05, 3.63) is 0 Å². The molecule has 1 aliphatic rings. The van der Waals surface area contributed by atoms with Gasteiger partial charge in [-0.05, 0) is 13.0 Å². The largest absolute Gasteiger partial charge is 0.289 e. The molecule has 0 radical (unpaired) electrons. The molecule has 0 bridgehead atoms. The standard InChI is InChI=1S/C7H10F2INO/c8-7(9)2-1-3-11(5-7)4-6(10)12/h1-5H2. The summed E-state index contributed by atoms with van der Waals surface area (Å²) in [5.74, 6) is -2.59. The quantitative estimate of drug-likeness (QED) is 0.569. The number of rotatable bonds is 2. The smallest absolute Gasteiger partial charge is 0.260 e. The Morgan fingerprint density at radius 2 is 2.25 bits per heavy atom. The maximum atomic E-state index is 12.7. The van der Waals surface area contributed by atoms with E-state index in [2.05, 4.69) is 0 Å². The lowest BCUT2D eigenvalue weighted by molar-refractivity contribution is -0.113. The number of hydrogen-bond acceptors (Lipinski definition) is 2. The first-order valence-corrected chi connectivity index (χ1v) is 4.86. The van der Waals surface area contributed by atoms with Crippen LogP contribution in [0.3, 0.4) is 0 Å². The highest BCUT2D eigenvalue weighted by molar-refractivity contribution is 14.1. The van der Waals surface area contributed by atoms with Gasteiger partial charge in [0.05, 0.1) is 13.1 Å². The van der Waals surface area contributed by atoms with E-state index >= 15 is 0 Å². The highest BCUT2D eigenvalue weighted by atomic mass is 127. The summed E-state index contributed by atoms with van der Waals surface area (Å²) >= 11 is 1.63. The van der Waals surface area contributed by atoms with Crippen LogP contribution in [-0.2, 0) is 4.79 Å². The molecule has 0 unspecified atom stereocenters. The molecule has 0 aliphatic carbocycles. The first-order valence-electron chi connectivity index (χ1n) is 3.78. The Morgan fingerprint density at radius 3 is 2.75 bits per heavy atom. The van der Waals surface area contributed by atoms with E-state index in [9.17, 15) is 13.6 Å². The van der Waals surface area contributed by atoms with Gasteiger partial charge in [-0.3, -0.25) is 9.69 Å². The Morgan fingerprint density at radius 1 is 1.58 bits per heavy atom. The maximum absolute atomic E-state index is 12.7. The zero-order valence-electron chi connectivity index (χ0n) is 6.52. The Labute approximate surface area is 83.4 Å². The van der Waals surface area contributed by atoms with E-state index in [0.717, 1.165) is 0 Å². The van der Waals surface area contributed by atoms with Gasteiger partial charge >= 0.3 is 0 Å². The molecule has 0 aromatic heterocycles. The average molecular weight is 289 g/mol.